The highest BCUT2D eigenvalue weighted by molar-refractivity contribution is 5.34. The zero-order valence-electron chi connectivity index (χ0n) is 6.50. The molecule has 0 aromatic carbocycles. The predicted octanol–water partition coefficient (Wildman–Crippen LogP) is 0.107. The monoisotopic (exact) mass is 165 g/mol. The van der Waals surface area contributed by atoms with Crippen molar-refractivity contribution < 1.29 is 0 Å². The SMILES string of the molecule is [C-]#[N+]c1cc(=O)[nH]c(=O)n1CC. The van der Waals surface area contributed by atoms with Gasteiger partial charge in [-0.15, -0.1) is 0 Å². The van der Waals surface area contributed by atoms with Crippen molar-refractivity contribution in [2.24, 2.45) is 0 Å². The van der Waals surface area contributed by atoms with Gasteiger partial charge in [-0.2, -0.15) is 0 Å². The summed E-state index contributed by atoms with van der Waals surface area (Å²) in [4.78, 5) is 26.9. The minimum atomic E-state index is -0.532. The van der Waals surface area contributed by atoms with Gasteiger partial charge in [0, 0.05) is 6.07 Å². The number of nitrogens with zero attached hydrogens (tertiary/aromatic N) is 2. The van der Waals surface area contributed by atoms with E-state index in [1.807, 2.05) is 0 Å². The van der Waals surface area contributed by atoms with Crippen molar-refractivity contribution in [3.63, 3.8) is 0 Å². The first kappa shape index (κ1) is 8.27. The van der Waals surface area contributed by atoms with E-state index < -0.39 is 11.2 Å². The maximum atomic E-state index is 11.0. The zero-order chi connectivity index (χ0) is 9.14. The molecular formula is C7H7N3O2. The van der Waals surface area contributed by atoms with Crippen LogP contribution in [0.5, 0.6) is 0 Å². The Bertz CT molecular complexity index is 435. The Kier molecular flexibility index (Phi) is 2.10. The molecule has 0 aliphatic heterocycles. The van der Waals surface area contributed by atoms with Crippen molar-refractivity contribution in [3.05, 3.63) is 38.3 Å². The predicted molar refractivity (Wildman–Crippen MR) is 43.3 cm³/mol. The molecule has 0 bridgehead atoms. The zero-order valence-corrected chi connectivity index (χ0v) is 6.50. The quantitative estimate of drug-likeness (QED) is 0.600. The fourth-order valence-electron chi connectivity index (χ4n) is 0.906. The lowest BCUT2D eigenvalue weighted by Crippen LogP contribution is -2.28. The standard InChI is InChI=1S/C7H7N3O2/c1-3-10-5(8-2)4-6(11)9-7(10)12/h4H,3H2,1H3,(H,9,11,12). The maximum Gasteiger partial charge on any atom is 0.400 e. The third-order valence-electron chi connectivity index (χ3n) is 1.44. The topological polar surface area (TPSA) is 59.2 Å². The molecule has 0 aliphatic rings. The summed E-state index contributed by atoms with van der Waals surface area (Å²) >= 11 is 0. The number of aromatic amines is 1. The number of hydrogen-bond acceptors (Lipinski definition) is 2. The number of aromatic nitrogens is 2. The Balaban J connectivity index is 3.58. The molecular weight excluding hydrogens is 158 g/mol. The Morgan fingerprint density at radius 1 is 1.67 bits per heavy atom. The highest BCUT2D eigenvalue weighted by atomic mass is 16.2. The van der Waals surface area contributed by atoms with E-state index in [4.69, 9.17) is 6.57 Å². The van der Waals surface area contributed by atoms with Gasteiger partial charge in [-0.25, -0.2) is 9.36 Å². The number of rotatable bonds is 1. The van der Waals surface area contributed by atoms with Crippen LogP contribution in [0.2, 0.25) is 0 Å². The molecule has 62 valence electrons. The smallest absolute Gasteiger partial charge is 0.364 e. The lowest BCUT2D eigenvalue weighted by atomic mass is 10.5. The van der Waals surface area contributed by atoms with Crippen molar-refractivity contribution in [1.82, 2.24) is 9.55 Å². The van der Waals surface area contributed by atoms with Crippen molar-refractivity contribution in [1.29, 1.82) is 0 Å². The van der Waals surface area contributed by atoms with Crippen LogP contribution in [0.3, 0.4) is 0 Å². The average Bonchev–Trinajstić information content (AvgIpc) is 2.03. The number of hydrogen-bond donors (Lipinski definition) is 1. The van der Waals surface area contributed by atoms with Gasteiger partial charge in [0.1, 0.15) is 0 Å². The summed E-state index contributed by atoms with van der Waals surface area (Å²) in [5, 5.41) is 0. The Labute approximate surface area is 68.1 Å². The summed E-state index contributed by atoms with van der Waals surface area (Å²) in [5.41, 5.74) is -1.06. The van der Waals surface area contributed by atoms with Gasteiger partial charge in [0.15, 0.2) is 0 Å². The van der Waals surface area contributed by atoms with Crippen molar-refractivity contribution in [3.8, 4) is 0 Å². The average molecular weight is 165 g/mol. The Morgan fingerprint density at radius 3 is 2.83 bits per heavy atom. The van der Waals surface area contributed by atoms with Crippen LogP contribution in [0.15, 0.2) is 15.7 Å². The molecule has 0 saturated carbocycles. The first-order chi connectivity index (χ1) is 5.69. The third kappa shape index (κ3) is 1.27. The number of H-pyrrole nitrogens is 1. The summed E-state index contributed by atoms with van der Waals surface area (Å²) in [5.74, 6) is 0.0752. The lowest BCUT2D eigenvalue weighted by Gasteiger charge is -1.99. The second-order valence-electron chi connectivity index (χ2n) is 2.15. The largest absolute Gasteiger partial charge is 0.400 e. The molecule has 5 nitrogen and oxygen atoms in total. The van der Waals surface area contributed by atoms with E-state index in [-0.39, 0.29) is 5.82 Å². The second-order valence-corrected chi connectivity index (χ2v) is 2.15. The van der Waals surface area contributed by atoms with Gasteiger partial charge in [0.05, 0.1) is 6.54 Å². The summed E-state index contributed by atoms with van der Waals surface area (Å²) < 4.78 is 1.20. The van der Waals surface area contributed by atoms with E-state index in [1.165, 1.54) is 4.57 Å². The molecule has 0 unspecified atom stereocenters. The van der Waals surface area contributed by atoms with Gasteiger partial charge >= 0.3 is 5.69 Å². The minimum Gasteiger partial charge on any atom is -0.364 e. The molecule has 1 rings (SSSR count). The lowest BCUT2D eigenvalue weighted by molar-refractivity contribution is 0.708. The summed E-state index contributed by atoms with van der Waals surface area (Å²) in [6, 6.07) is 1.11. The molecule has 1 heterocycles. The highest BCUT2D eigenvalue weighted by Crippen LogP contribution is 2.03. The van der Waals surface area contributed by atoms with Crippen LogP contribution in [-0.2, 0) is 6.54 Å². The van der Waals surface area contributed by atoms with Crippen LogP contribution in [0.1, 0.15) is 6.92 Å². The van der Waals surface area contributed by atoms with Gasteiger partial charge in [0.25, 0.3) is 0 Å². The molecule has 1 aromatic rings. The van der Waals surface area contributed by atoms with Gasteiger partial charge in [-0.3, -0.25) is 9.78 Å². The van der Waals surface area contributed by atoms with E-state index in [9.17, 15) is 9.59 Å². The minimum absolute atomic E-state index is 0.0752. The van der Waals surface area contributed by atoms with Crippen molar-refractivity contribution >= 4 is 5.82 Å². The van der Waals surface area contributed by atoms with Crippen LogP contribution >= 0.6 is 0 Å². The molecule has 1 N–H and O–H groups in total. The van der Waals surface area contributed by atoms with E-state index in [1.54, 1.807) is 6.92 Å². The highest BCUT2D eigenvalue weighted by Gasteiger charge is 2.03. The normalized spacial score (nSPS) is 9.33. The molecule has 0 spiro atoms. The van der Waals surface area contributed by atoms with E-state index >= 15 is 0 Å². The molecule has 1 aromatic heterocycles. The van der Waals surface area contributed by atoms with Crippen LogP contribution < -0.4 is 11.2 Å². The fraction of sp³-hybridized carbons (Fsp3) is 0.286. The molecule has 0 radical (unpaired) electrons. The molecule has 0 saturated heterocycles. The van der Waals surface area contributed by atoms with E-state index in [0.29, 0.717) is 6.54 Å². The number of nitrogens with one attached hydrogen (secondary N) is 1. The van der Waals surface area contributed by atoms with Crippen LogP contribution in [0, 0.1) is 6.57 Å². The summed E-state index contributed by atoms with van der Waals surface area (Å²) in [6.45, 7) is 8.81. The van der Waals surface area contributed by atoms with E-state index in [2.05, 4.69) is 9.83 Å². The molecule has 0 atom stereocenters. The summed E-state index contributed by atoms with van der Waals surface area (Å²) in [6.07, 6.45) is 0. The van der Waals surface area contributed by atoms with Gasteiger partial charge < -0.3 is 4.85 Å². The second kappa shape index (κ2) is 3.05. The van der Waals surface area contributed by atoms with Crippen LogP contribution in [-0.4, -0.2) is 9.55 Å². The fourth-order valence-corrected chi connectivity index (χ4v) is 0.906. The molecule has 0 fully saturated rings. The van der Waals surface area contributed by atoms with E-state index in [0.717, 1.165) is 6.07 Å². The Hall–Kier alpha value is -1.83. The van der Waals surface area contributed by atoms with Crippen molar-refractivity contribution in [2.75, 3.05) is 0 Å². The van der Waals surface area contributed by atoms with Crippen molar-refractivity contribution in [2.45, 2.75) is 13.5 Å². The van der Waals surface area contributed by atoms with Crippen LogP contribution in [0.25, 0.3) is 4.85 Å². The first-order valence-corrected chi connectivity index (χ1v) is 3.40. The first-order valence-electron chi connectivity index (χ1n) is 3.40. The maximum absolute atomic E-state index is 11.0. The Morgan fingerprint density at radius 2 is 2.33 bits per heavy atom. The molecule has 12 heavy (non-hydrogen) atoms. The molecule has 0 aliphatic carbocycles. The van der Waals surface area contributed by atoms with Gasteiger partial charge in [-0.1, -0.05) is 6.57 Å². The molecule has 5 heteroatoms. The molecule has 0 amide bonds. The van der Waals surface area contributed by atoms with Gasteiger partial charge in [0.2, 0.25) is 11.4 Å². The van der Waals surface area contributed by atoms with Gasteiger partial charge in [-0.05, 0) is 6.92 Å². The van der Waals surface area contributed by atoms with Crippen LogP contribution in [0.4, 0.5) is 5.82 Å². The third-order valence-corrected chi connectivity index (χ3v) is 1.44. The summed E-state index contributed by atoms with van der Waals surface area (Å²) in [7, 11) is 0.